The van der Waals surface area contributed by atoms with Crippen LogP contribution in [0.2, 0.25) is 0 Å². The van der Waals surface area contributed by atoms with Crippen molar-refractivity contribution in [1.82, 2.24) is 29.7 Å². The molecular weight excluding hydrogens is 616 g/mol. The van der Waals surface area contributed by atoms with Gasteiger partial charge in [0.05, 0.1) is 16.8 Å². The fourth-order valence-electron chi connectivity index (χ4n) is 6.16. The third kappa shape index (κ3) is 6.67. The standard InChI is InChI=1S/C34H36N8O4S/c1-34(2,3)46-33(45)42-14-7-10-22(42)18-41-15-13-24-27(19-41)47-32(37-24)40-29(43)23-11-6-12-25-28(23)38-31(36-25)39-30(44)26-16-20-8-4-5-9-21(20)17-35-26/h4-6,8-9,11-12,16-17,22H,7,10,13-15,18-19H2,1-3H3,(H,37,40,43)(H2,36,38,39,44)/t22-/m0/s1. The van der Waals surface area contributed by atoms with Crippen molar-refractivity contribution < 1.29 is 19.1 Å². The van der Waals surface area contributed by atoms with Crippen molar-refractivity contribution in [3.8, 4) is 0 Å². The normalized spacial score (nSPS) is 16.7. The molecule has 0 unspecified atom stereocenters. The summed E-state index contributed by atoms with van der Waals surface area (Å²) in [6.45, 7) is 8.70. The molecule has 0 radical (unpaired) electrons. The van der Waals surface area contributed by atoms with Crippen molar-refractivity contribution in [2.24, 2.45) is 0 Å². The number of fused-ring (bicyclic) bond motifs is 3. The zero-order chi connectivity index (χ0) is 32.7. The summed E-state index contributed by atoms with van der Waals surface area (Å²) in [4.78, 5) is 61.1. The van der Waals surface area contributed by atoms with Crippen molar-refractivity contribution in [2.75, 3.05) is 30.3 Å². The number of thiazole rings is 1. The van der Waals surface area contributed by atoms with Crippen LogP contribution in [-0.2, 0) is 17.7 Å². The lowest BCUT2D eigenvalue weighted by atomic mass is 10.1. The molecular formula is C34H36N8O4S. The van der Waals surface area contributed by atoms with E-state index in [2.05, 4.69) is 30.5 Å². The molecule has 3 aromatic heterocycles. The summed E-state index contributed by atoms with van der Waals surface area (Å²) in [5, 5.41) is 8.11. The van der Waals surface area contributed by atoms with Crippen LogP contribution in [0.1, 0.15) is 65.0 Å². The largest absolute Gasteiger partial charge is 0.444 e. The molecule has 2 aliphatic heterocycles. The number of nitrogens with zero attached hydrogens (tertiary/aromatic N) is 5. The van der Waals surface area contributed by atoms with E-state index in [0.29, 0.717) is 34.8 Å². The highest BCUT2D eigenvalue weighted by Gasteiger charge is 2.34. The van der Waals surface area contributed by atoms with E-state index < -0.39 is 11.5 Å². The molecule has 0 spiro atoms. The second kappa shape index (κ2) is 12.4. The molecule has 2 aliphatic rings. The number of anilines is 2. The predicted molar refractivity (Wildman–Crippen MR) is 181 cm³/mol. The number of amides is 3. The highest BCUT2D eigenvalue weighted by molar-refractivity contribution is 7.15. The van der Waals surface area contributed by atoms with Crippen LogP contribution in [0.25, 0.3) is 21.8 Å². The lowest BCUT2D eigenvalue weighted by molar-refractivity contribution is 0.0192. The molecule has 242 valence electrons. The second-order valence-electron chi connectivity index (χ2n) is 13.0. The summed E-state index contributed by atoms with van der Waals surface area (Å²) in [5.74, 6) is -0.524. The molecule has 5 heterocycles. The molecule has 1 fully saturated rings. The first kappa shape index (κ1) is 30.8. The van der Waals surface area contributed by atoms with Crippen molar-refractivity contribution in [3.63, 3.8) is 0 Å². The summed E-state index contributed by atoms with van der Waals surface area (Å²) in [6, 6.07) is 14.8. The molecule has 5 aromatic rings. The number of rotatable bonds is 6. The Balaban J connectivity index is 1.00. The average molecular weight is 653 g/mol. The van der Waals surface area contributed by atoms with Crippen LogP contribution >= 0.6 is 11.3 Å². The minimum absolute atomic E-state index is 0.117. The van der Waals surface area contributed by atoms with Crippen LogP contribution in [0.5, 0.6) is 0 Å². The molecule has 0 bridgehead atoms. The van der Waals surface area contributed by atoms with Crippen LogP contribution < -0.4 is 10.6 Å². The van der Waals surface area contributed by atoms with Crippen molar-refractivity contribution in [3.05, 3.63) is 76.6 Å². The van der Waals surface area contributed by atoms with E-state index in [4.69, 9.17) is 9.72 Å². The fourth-order valence-corrected chi connectivity index (χ4v) is 7.21. The predicted octanol–water partition coefficient (Wildman–Crippen LogP) is 5.83. The SMILES string of the molecule is CC(C)(C)OC(=O)N1CCC[C@H]1CN1CCc2nc(NC(=O)c3cccc4[nH]c(NC(=O)c5cc6ccccc6cn5)nc34)sc2C1. The Bertz CT molecular complexity index is 2000. The first-order chi connectivity index (χ1) is 22.6. The highest BCUT2D eigenvalue weighted by atomic mass is 32.1. The van der Waals surface area contributed by atoms with E-state index in [1.165, 1.54) is 11.3 Å². The lowest BCUT2D eigenvalue weighted by Gasteiger charge is -2.33. The summed E-state index contributed by atoms with van der Waals surface area (Å²) < 4.78 is 5.64. The third-order valence-corrected chi connectivity index (χ3v) is 9.36. The van der Waals surface area contributed by atoms with Gasteiger partial charge in [0, 0.05) is 55.1 Å². The number of hydrogen-bond acceptors (Lipinski definition) is 9. The number of nitrogens with one attached hydrogen (secondary N) is 3. The van der Waals surface area contributed by atoms with Gasteiger partial charge in [-0.1, -0.05) is 30.3 Å². The summed E-state index contributed by atoms with van der Waals surface area (Å²) >= 11 is 1.47. The smallest absolute Gasteiger partial charge is 0.410 e. The molecule has 47 heavy (non-hydrogen) atoms. The number of imidazole rings is 1. The van der Waals surface area contributed by atoms with Gasteiger partial charge in [0.1, 0.15) is 16.8 Å². The topological polar surface area (TPSA) is 145 Å². The molecule has 2 aromatic carbocycles. The van der Waals surface area contributed by atoms with Crippen molar-refractivity contribution >= 4 is 62.1 Å². The van der Waals surface area contributed by atoms with Crippen molar-refractivity contribution in [2.45, 2.75) is 58.2 Å². The maximum atomic E-state index is 13.5. The van der Waals surface area contributed by atoms with Crippen LogP contribution in [-0.4, -0.2) is 78.9 Å². The number of aromatic nitrogens is 4. The summed E-state index contributed by atoms with van der Waals surface area (Å²) in [5.41, 5.74) is 2.14. The van der Waals surface area contributed by atoms with Gasteiger partial charge in [-0.3, -0.25) is 30.1 Å². The minimum atomic E-state index is -0.523. The number of H-pyrrole nitrogens is 1. The monoisotopic (exact) mass is 652 g/mol. The van der Waals surface area contributed by atoms with Crippen LogP contribution in [0.3, 0.4) is 0 Å². The second-order valence-corrected chi connectivity index (χ2v) is 14.0. The van der Waals surface area contributed by atoms with Gasteiger partial charge in [-0.15, -0.1) is 11.3 Å². The maximum Gasteiger partial charge on any atom is 0.410 e. The van der Waals surface area contributed by atoms with E-state index in [0.717, 1.165) is 53.7 Å². The molecule has 0 saturated carbocycles. The first-order valence-corrected chi connectivity index (χ1v) is 16.6. The summed E-state index contributed by atoms with van der Waals surface area (Å²) in [6.07, 6.45) is 4.11. The van der Waals surface area contributed by atoms with Gasteiger partial charge in [0.15, 0.2) is 5.13 Å². The Hall–Kier alpha value is -4.88. The van der Waals surface area contributed by atoms with Gasteiger partial charge >= 0.3 is 6.09 Å². The first-order valence-electron chi connectivity index (χ1n) is 15.8. The van der Waals surface area contributed by atoms with Crippen LogP contribution in [0.15, 0.2) is 54.7 Å². The van der Waals surface area contributed by atoms with Gasteiger partial charge in [-0.25, -0.2) is 14.8 Å². The summed E-state index contributed by atoms with van der Waals surface area (Å²) in [7, 11) is 0. The van der Waals surface area contributed by atoms with Crippen LogP contribution in [0.4, 0.5) is 15.9 Å². The average Bonchev–Trinajstić information content (AvgIpc) is 3.77. The number of para-hydroxylation sites is 1. The Morgan fingerprint density at radius 2 is 1.85 bits per heavy atom. The van der Waals surface area contributed by atoms with Gasteiger partial charge in [0.25, 0.3) is 11.8 Å². The number of aromatic amines is 1. The number of ether oxygens (including phenoxy) is 1. The molecule has 13 heteroatoms. The highest BCUT2D eigenvalue weighted by Crippen LogP contribution is 2.31. The maximum absolute atomic E-state index is 13.5. The molecule has 0 aliphatic carbocycles. The van der Waals surface area contributed by atoms with Gasteiger partial charge < -0.3 is 14.6 Å². The number of carbonyl (C=O) groups is 3. The van der Waals surface area contributed by atoms with E-state index in [1.54, 1.807) is 30.5 Å². The molecule has 3 amide bonds. The van der Waals surface area contributed by atoms with Gasteiger partial charge in [-0.05, 0) is 57.2 Å². The third-order valence-electron chi connectivity index (χ3n) is 8.36. The van der Waals surface area contributed by atoms with E-state index in [-0.39, 0.29) is 29.7 Å². The number of pyridine rings is 1. The van der Waals surface area contributed by atoms with Gasteiger partial charge in [-0.2, -0.15) is 0 Å². The minimum Gasteiger partial charge on any atom is -0.444 e. The number of hydrogen-bond donors (Lipinski definition) is 3. The number of likely N-dealkylation sites (tertiary alicyclic amines) is 1. The Labute approximate surface area is 275 Å². The molecule has 1 atom stereocenters. The lowest BCUT2D eigenvalue weighted by Crippen LogP contribution is -2.46. The molecule has 7 rings (SSSR count). The zero-order valence-electron chi connectivity index (χ0n) is 26.5. The van der Waals surface area contributed by atoms with E-state index in [1.807, 2.05) is 49.9 Å². The quantitative estimate of drug-likeness (QED) is 0.208. The number of carbonyl (C=O) groups excluding carboxylic acids is 3. The molecule has 3 N–H and O–H groups in total. The molecule has 1 saturated heterocycles. The fraction of sp³-hybridized carbons (Fsp3) is 0.353. The van der Waals surface area contributed by atoms with E-state index >= 15 is 0 Å². The van der Waals surface area contributed by atoms with Gasteiger partial charge in [0.2, 0.25) is 5.95 Å². The zero-order valence-corrected chi connectivity index (χ0v) is 27.3. The Morgan fingerprint density at radius 1 is 1.02 bits per heavy atom. The number of benzene rings is 2. The van der Waals surface area contributed by atoms with Crippen molar-refractivity contribution in [1.29, 1.82) is 0 Å². The molecule has 12 nitrogen and oxygen atoms in total. The Morgan fingerprint density at radius 3 is 2.68 bits per heavy atom. The van der Waals surface area contributed by atoms with E-state index in [9.17, 15) is 14.4 Å². The van der Waals surface area contributed by atoms with Crippen LogP contribution in [0, 0.1) is 0 Å². The Kier molecular flexibility index (Phi) is 8.10.